The van der Waals surface area contributed by atoms with Crippen LogP contribution >= 0.6 is 11.6 Å². The van der Waals surface area contributed by atoms with Crippen molar-refractivity contribution in [3.63, 3.8) is 0 Å². The fourth-order valence-corrected chi connectivity index (χ4v) is 3.08. The van der Waals surface area contributed by atoms with Gasteiger partial charge in [-0.25, -0.2) is 0 Å². The van der Waals surface area contributed by atoms with Crippen LogP contribution in [0.15, 0.2) is 24.3 Å². The Morgan fingerprint density at radius 1 is 1.26 bits per heavy atom. The molecule has 0 spiro atoms. The number of hydrogen-bond donors (Lipinski definition) is 0. The summed E-state index contributed by atoms with van der Waals surface area (Å²) in [5, 5.41) is 0.0882. The Balaban J connectivity index is 1.87. The molecular formula is C16H25ClN2. The number of benzene rings is 1. The highest BCUT2D eigenvalue weighted by molar-refractivity contribution is 6.21. The number of piperidine rings is 1. The highest BCUT2D eigenvalue weighted by Crippen LogP contribution is 2.24. The van der Waals surface area contributed by atoms with Crippen molar-refractivity contribution in [3.05, 3.63) is 35.4 Å². The summed E-state index contributed by atoms with van der Waals surface area (Å²) >= 11 is 6.55. The minimum atomic E-state index is 0.0882. The van der Waals surface area contributed by atoms with E-state index in [-0.39, 0.29) is 5.38 Å². The topological polar surface area (TPSA) is 6.48 Å². The zero-order valence-corrected chi connectivity index (χ0v) is 13.0. The molecule has 1 saturated heterocycles. The first-order valence-electron chi connectivity index (χ1n) is 7.15. The molecule has 0 saturated carbocycles. The lowest BCUT2D eigenvalue weighted by molar-refractivity contribution is 0.144. The molecule has 1 aromatic rings. The molecule has 1 aliphatic rings. The van der Waals surface area contributed by atoms with Gasteiger partial charge in [-0.15, -0.1) is 11.6 Å². The summed E-state index contributed by atoms with van der Waals surface area (Å²) in [6.45, 7) is 5.44. The first-order valence-corrected chi connectivity index (χ1v) is 7.59. The van der Waals surface area contributed by atoms with Gasteiger partial charge in [0.15, 0.2) is 0 Å². The SMILES string of the molecule is Cc1ccc(C(Cl)CN(C)C2CCN(C)CC2)cc1. The van der Waals surface area contributed by atoms with Crippen molar-refractivity contribution in [2.75, 3.05) is 33.7 Å². The quantitative estimate of drug-likeness (QED) is 0.781. The summed E-state index contributed by atoms with van der Waals surface area (Å²) < 4.78 is 0. The second kappa shape index (κ2) is 6.74. The fraction of sp³-hybridized carbons (Fsp3) is 0.625. The smallest absolute Gasteiger partial charge is 0.0712 e. The van der Waals surface area contributed by atoms with Gasteiger partial charge < -0.3 is 9.80 Å². The van der Waals surface area contributed by atoms with Crippen LogP contribution in [0.3, 0.4) is 0 Å². The minimum Gasteiger partial charge on any atom is -0.306 e. The lowest BCUT2D eigenvalue weighted by atomic mass is 10.0. The molecule has 1 aliphatic heterocycles. The molecule has 19 heavy (non-hydrogen) atoms. The highest BCUT2D eigenvalue weighted by atomic mass is 35.5. The number of likely N-dealkylation sites (tertiary alicyclic amines) is 1. The van der Waals surface area contributed by atoms with Crippen LogP contribution in [0.2, 0.25) is 0 Å². The molecule has 1 aromatic carbocycles. The minimum absolute atomic E-state index is 0.0882. The van der Waals surface area contributed by atoms with Crippen LogP contribution in [0.1, 0.15) is 29.3 Å². The molecule has 3 heteroatoms. The third-order valence-electron chi connectivity index (χ3n) is 4.20. The van der Waals surface area contributed by atoms with Crippen LogP contribution < -0.4 is 0 Å². The van der Waals surface area contributed by atoms with Gasteiger partial charge in [-0.1, -0.05) is 29.8 Å². The van der Waals surface area contributed by atoms with Crippen molar-refractivity contribution in [1.82, 2.24) is 9.80 Å². The number of alkyl halides is 1. The molecule has 0 aliphatic carbocycles. The van der Waals surface area contributed by atoms with Gasteiger partial charge in [-0.05, 0) is 52.5 Å². The Labute approximate surface area is 122 Å². The third-order valence-corrected chi connectivity index (χ3v) is 4.59. The maximum Gasteiger partial charge on any atom is 0.0712 e. The van der Waals surface area contributed by atoms with E-state index in [2.05, 4.69) is 55.1 Å². The van der Waals surface area contributed by atoms with E-state index in [1.165, 1.54) is 37.1 Å². The summed E-state index contributed by atoms with van der Waals surface area (Å²) in [7, 11) is 4.41. The summed E-state index contributed by atoms with van der Waals surface area (Å²) in [4.78, 5) is 4.84. The summed E-state index contributed by atoms with van der Waals surface area (Å²) in [6, 6.07) is 9.26. The van der Waals surface area contributed by atoms with Crippen LogP contribution in [-0.4, -0.2) is 49.6 Å². The highest BCUT2D eigenvalue weighted by Gasteiger charge is 2.22. The van der Waals surface area contributed by atoms with E-state index < -0.39 is 0 Å². The molecular weight excluding hydrogens is 256 g/mol. The standard InChI is InChI=1S/C16H25ClN2/c1-13-4-6-14(7-5-13)16(17)12-19(3)15-8-10-18(2)11-9-15/h4-7,15-16H,8-12H2,1-3H3. The van der Waals surface area contributed by atoms with E-state index in [9.17, 15) is 0 Å². The molecule has 0 radical (unpaired) electrons. The third kappa shape index (κ3) is 4.20. The molecule has 2 rings (SSSR count). The molecule has 106 valence electrons. The molecule has 2 nitrogen and oxygen atoms in total. The largest absolute Gasteiger partial charge is 0.306 e. The normalized spacial score (nSPS) is 19.8. The first kappa shape index (κ1) is 14.8. The Hall–Kier alpha value is -0.570. The van der Waals surface area contributed by atoms with Gasteiger partial charge in [-0.2, -0.15) is 0 Å². The Bertz CT molecular complexity index is 382. The maximum atomic E-state index is 6.55. The van der Waals surface area contributed by atoms with E-state index >= 15 is 0 Å². The maximum absolute atomic E-state index is 6.55. The molecule has 1 atom stereocenters. The van der Waals surface area contributed by atoms with Crippen LogP contribution in [-0.2, 0) is 0 Å². The van der Waals surface area contributed by atoms with Gasteiger partial charge >= 0.3 is 0 Å². The summed E-state index contributed by atoms with van der Waals surface area (Å²) in [5.74, 6) is 0. The van der Waals surface area contributed by atoms with E-state index in [0.717, 1.165) is 6.54 Å². The summed E-state index contributed by atoms with van der Waals surface area (Å²) in [5.41, 5.74) is 2.52. The van der Waals surface area contributed by atoms with Crippen LogP contribution in [0.4, 0.5) is 0 Å². The average molecular weight is 281 g/mol. The zero-order chi connectivity index (χ0) is 13.8. The molecule has 0 N–H and O–H groups in total. The second-order valence-corrected chi connectivity index (χ2v) is 6.38. The van der Waals surface area contributed by atoms with Gasteiger partial charge in [0.1, 0.15) is 0 Å². The van der Waals surface area contributed by atoms with Gasteiger partial charge in [0.25, 0.3) is 0 Å². The van der Waals surface area contributed by atoms with Crippen LogP contribution in [0.5, 0.6) is 0 Å². The number of aryl methyl sites for hydroxylation is 1. The lowest BCUT2D eigenvalue weighted by Gasteiger charge is -2.36. The monoisotopic (exact) mass is 280 g/mol. The molecule has 0 aromatic heterocycles. The predicted octanol–water partition coefficient (Wildman–Crippen LogP) is 3.30. The van der Waals surface area contributed by atoms with E-state index in [1.54, 1.807) is 0 Å². The van der Waals surface area contributed by atoms with Crippen molar-refractivity contribution in [3.8, 4) is 0 Å². The number of nitrogens with zero attached hydrogens (tertiary/aromatic N) is 2. The number of halogens is 1. The number of hydrogen-bond acceptors (Lipinski definition) is 2. The fourth-order valence-electron chi connectivity index (χ4n) is 2.72. The van der Waals surface area contributed by atoms with Crippen molar-refractivity contribution in [1.29, 1.82) is 0 Å². The average Bonchev–Trinajstić information content (AvgIpc) is 2.40. The molecule has 1 heterocycles. The number of rotatable bonds is 4. The lowest BCUT2D eigenvalue weighted by Crippen LogP contribution is -2.42. The van der Waals surface area contributed by atoms with E-state index in [4.69, 9.17) is 11.6 Å². The van der Waals surface area contributed by atoms with E-state index in [0.29, 0.717) is 6.04 Å². The van der Waals surface area contributed by atoms with Crippen LogP contribution in [0, 0.1) is 6.92 Å². The number of likely N-dealkylation sites (N-methyl/N-ethyl adjacent to an activating group) is 1. The van der Waals surface area contributed by atoms with Crippen LogP contribution in [0.25, 0.3) is 0 Å². The Kier molecular flexibility index (Phi) is 5.26. The van der Waals surface area contributed by atoms with Gasteiger partial charge in [0, 0.05) is 12.6 Å². The molecule has 1 fully saturated rings. The predicted molar refractivity (Wildman–Crippen MR) is 82.9 cm³/mol. The van der Waals surface area contributed by atoms with Crippen molar-refractivity contribution >= 4 is 11.6 Å². The van der Waals surface area contributed by atoms with Crippen molar-refractivity contribution in [2.24, 2.45) is 0 Å². The molecule has 0 amide bonds. The second-order valence-electron chi connectivity index (χ2n) is 5.85. The molecule has 1 unspecified atom stereocenters. The Morgan fingerprint density at radius 3 is 2.42 bits per heavy atom. The Morgan fingerprint density at radius 2 is 1.84 bits per heavy atom. The molecule has 0 bridgehead atoms. The summed E-state index contributed by atoms with van der Waals surface area (Å²) in [6.07, 6.45) is 2.51. The first-order chi connectivity index (χ1) is 9.06. The van der Waals surface area contributed by atoms with Crippen molar-refractivity contribution < 1.29 is 0 Å². The van der Waals surface area contributed by atoms with E-state index in [1.807, 2.05) is 0 Å². The van der Waals surface area contributed by atoms with Gasteiger partial charge in [-0.3, -0.25) is 0 Å². The van der Waals surface area contributed by atoms with Gasteiger partial charge in [0.2, 0.25) is 0 Å². The zero-order valence-electron chi connectivity index (χ0n) is 12.3. The van der Waals surface area contributed by atoms with Crippen molar-refractivity contribution in [2.45, 2.75) is 31.2 Å². The van der Waals surface area contributed by atoms with Gasteiger partial charge in [0.05, 0.1) is 5.38 Å².